The van der Waals surface area contributed by atoms with Gasteiger partial charge in [0, 0.05) is 24.1 Å². The second kappa shape index (κ2) is 5.52. The highest BCUT2D eigenvalue weighted by Gasteiger charge is 2.16. The number of halogens is 1. The SMILES string of the molecule is CN1CCCN(c2cccc(Br)c2C#N)CC1. The second-order valence-corrected chi connectivity index (χ2v) is 5.24. The first-order chi connectivity index (χ1) is 8.22. The van der Waals surface area contributed by atoms with E-state index in [-0.39, 0.29) is 0 Å². The summed E-state index contributed by atoms with van der Waals surface area (Å²) in [7, 11) is 2.15. The summed E-state index contributed by atoms with van der Waals surface area (Å²) >= 11 is 3.45. The van der Waals surface area contributed by atoms with Gasteiger partial charge in [0.2, 0.25) is 0 Å². The molecule has 2 rings (SSSR count). The van der Waals surface area contributed by atoms with Gasteiger partial charge in [-0.1, -0.05) is 6.07 Å². The zero-order chi connectivity index (χ0) is 12.3. The Kier molecular flexibility index (Phi) is 4.03. The molecule has 0 spiro atoms. The smallest absolute Gasteiger partial charge is 0.103 e. The molecule has 0 atom stereocenters. The highest BCUT2D eigenvalue weighted by molar-refractivity contribution is 9.10. The zero-order valence-corrected chi connectivity index (χ0v) is 11.6. The first kappa shape index (κ1) is 12.4. The van der Waals surface area contributed by atoms with Gasteiger partial charge in [-0.2, -0.15) is 5.26 Å². The van der Waals surface area contributed by atoms with Crippen molar-refractivity contribution < 1.29 is 0 Å². The Morgan fingerprint density at radius 2 is 2.06 bits per heavy atom. The second-order valence-electron chi connectivity index (χ2n) is 4.39. The third-order valence-corrected chi connectivity index (χ3v) is 3.82. The van der Waals surface area contributed by atoms with E-state index in [0.29, 0.717) is 0 Å². The number of rotatable bonds is 1. The van der Waals surface area contributed by atoms with E-state index >= 15 is 0 Å². The van der Waals surface area contributed by atoms with Gasteiger partial charge in [-0.25, -0.2) is 0 Å². The Morgan fingerprint density at radius 1 is 1.24 bits per heavy atom. The van der Waals surface area contributed by atoms with Crippen LogP contribution in [-0.2, 0) is 0 Å². The van der Waals surface area contributed by atoms with Crippen LogP contribution in [0.1, 0.15) is 12.0 Å². The molecule has 1 saturated heterocycles. The lowest BCUT2D eigenvalue weighted by molar-refractivity contribution is 0.360. The van der Waals surface area contributed by atoms with Crippen LogP contribution in [0.15, 0.2) is 22.7 Å². The van der Waals surface area contributed by atoms with Crippen molar-refractivity contribution in [1.29, 1.82) is 5.26 Å². The molecule has 0 N–H and O–H groups in total. The van der Waals surface area contributed by atoms with E-state index in [1.165, 1.54) is 0 Å². The number of anilines is 1. The van der Waals surface area contributed by atoms with Crippen LogP contribution in [0.25, 0.3) is 0 Å². The molecule has 0 amide bonds. The van der Waals surface area contributed by atoms with Gasteiger partial charge in [0.05, 0.1) is 11.3 Å². The standard InChI is InChI=1S/C13H16BrN3/c1-16-6-3-7-17(9-8-16)13-5-2-4-12(14)11(13)10-15/h2,4-5H,3,6-9H2,1H3. The topological polar surface area (TPSA) is 30.3 Å². The normalized spacial score (nSPS) is 17.6. The number of likely N-dealkylation sites (N-methyl/N-ethyl adjacent to an activating group) is 1. The first-order valence-electron chi connectivity index (χ1n) is 5.84. The van der Waals surface area contributed by atoms with E-state index in [2.05, 4.69) is 38.8 Å². The molecule has 0 aromatic heterocycles. The summed E-state index contributed by atoms with van der Waals surface area (Å²) in [5.74, 6) is 0. The molecule has 17 heavy (non-hydrogen) atoms. The van der Waals surface area contributed by atoms with E-state index in [4.69, 9.17) is 0 Å². The van der Waals surface area contributed by atoms with Crippen LogP contribution in [0.5, 0.6) is 0 Å². The van der Waals surface area contributed by atoms with Gasteiger partial charge in [0.15, 0.2) is 0 Å². The fraction of sp³-hybridized carbons (Fsp3) is 0.462. The van der Waals surface area contributed by atoms with Gasteiger partial charge < -0.3 is 9.80 Å². The van der Waals surface area contributed by atoms with Crippen LogP contribution < -0.4 is 4.90 Å². The zero-order valence-electron chi connectivity index (χ0n) is 9.99. The summed E-state index contributed by atoms with van der Waals surface area (Å²) in [6, 6.07) is 8.24. The van der Waals surface area contributed by atoms with Crippen LogP contribution in [0.4, 0.5) is 5.69 Å². The van der Waals surface area contributed by atoms with Crippen LogP contribution in [0.3, 0.4) is 0 Å². The predicted octanol–water partition coefficient (Wildman–Crippen LogP) is 2.46. The molecule has 1 aliphatic rings. The average molecular weight is 294 g/mol. The lowest BCUT2D eigenvalue weighted by atomic mass is 10.1. The van der Waals surface area contributed by atoms with E-state index in [1.807, 2.05) is 18.2 Å². The van der Waals surface area contributed by atoms with Gasteiger partial charge in [0.25, 0.3) is 0 Å². The highest BCUT2D eigenvalue weighted by Crippen LogP contribution is 2.27. The van der Waals surface area contributed by atoms with E-state index in [9.17, 15) is 5.26 Å². The predicted molar refractivity (Wildman–Crippen MR) is 73.2 cm³/mol. The molecule has 0 saturated carbocycles. The Balaban J connectivity index is 2.28. The molecule has 0 bridgehead atoms. The molecule has 1 aliphatic heterocycles. The van der Waals surface area contributed by atoms with Crippen molar-refractivity contribution in [2.24, 2.45) is 0 Å². The Bertz CT molecular complexity index is 439. The van der Waals surface area contributed by atoms with Gasteiger partial charge in [-0.05, 0) is 48.1 Å². The van der Waals surface area contributed by atoms with Crippen LogP contribution >= 0.6 is 15.9 Å². The third kappa shape index (κ3) is 2.80. The number of benzene rings is 1. The molecule has 1 fully saturated rings. The van der Waals surface area contributed by atoms with E-state index in [0.717, 1.165) is 48.3 Å². The van der Waals surface area contributed by atoms with Crippen LogP contribution in [-0.4, -0.2) is 38.1 Å². The summed E-state index contributed by atoms with van der Waals surface area (Å²) in [6.07, 6.45) is 1.15. The molecule has 0 aliphatic carbocycles. The van der Waals surface area contributed by atoms with Crippen molar-refractivity contribution in [2.75, 3.05) is 38.1 Å². The van der Waals surface area contributed by atoms with Gasteiger partial charge in [-0.15, -0.1) is 0 Å². The molecule has 1 aromatic carbocycles. The minimum Gasteiger partial charge on any atom is -0.369 e. The molecule has 3 nitrogen and oxygen atoms in total. The molecular weight excluding hydrogens is 278 g/mol. The summed E-state index contributed by atoms with van der Waals surface area (Å²) in [5, 5.41) is 9.24. The lowest BCUT2D eigenvalue weighted by Crippen LogP contribution is -2.29. The minimum absolute atomic E-state index is 0.747. The van der Waals surface area contributed by atoms with Crippen LogP contribution in [0.2, 0.25) is 0 Å². The molecule has 4 heteroatoms. The lowest BCUT2D eigenvalue weighted by Gasteiger charge is -2.24. The van der Waals surface area contributed by atoms with Crippen molar-refractivity contribution in [2.45, 2.75) is 6.42 Å². The first-order valence-corrected chi connectivity index (χ1v) is 6.64. The average Bonchev–Trinajstić information content (AvgIpc) is 2.54. The van der Waals surface area contributed by atoms with Crippen molar-refractivity contribution >= 4 is 21.6 Å². The Hall–Kier alpha value is -1.05. The fourth-order valence-corrected chi connectivity index (χ4v) is 2.62. The van der Waals surface area contributed by atoms with Gasteiger partial charge in [0.1, 0.15) is 6.07 Å². The molecule has 0 radical (unpaired) electrons. The van der Waals surface area contributed by atoms with E-state index in [1.54, 1.807) is 0 Å². The van der Waals surface area contributed by atoms with Gasteiger partial charge in [-0.3, -0.25) is 0 Å². The number of hydrogen-bond acceptors (Lipinski definition) is 3. The maximum absolute atomic E-state index is 9.24. The molecule has 1 heterocycles. The number of hydrogen-bond donors (Lipinski definition) is 0. The Morgan fingerprint density at radius 3 is 2.82 bits per heavy atom. The third-order valence-electron chi connectivity index (χ3n) is 3.16. The number of nitriles is 1. The van der Waals surface area contributed by atoms with Crippen molar-refractivity contribution in [3.8, 4) is 6.07 Å². The maximum Gasteiger partial charge on any atom is 0.103 e. The largest absolute Gasteiger partial charge is 0.369 e. The van der Waals surface area contributed by atoms with Crippen molar-refractivity contribution in [3.63, 3.8) is 0 Å². The fourth-order valence-electron chi connectivity index (χ4n) is 2.17. The molecule has 1 aromatic rings. The van der Waals surface area contributed by atoms with Crippen molar-refractivity contribution in [1.82, 2.24) is 4.90 Å². The molecule has 0 unspecified atom stereocenters. The Labute approximate surface area is 111 Å². The number of nitrogens with zero attached hydrogens (tertiary/aromatic N) is 3. The minimum atomic E-state index is 0.747. The monoisotopic (exact) mass is 293 g/mol. The van der Waals surface area contributed by atoms with Crippen molar-refractivity contribution in [3.05, 3.63) is 28.2 Å². The quantitative estimate of drug-likeness (QED) is 0.797. The maximum atomic E-state index is 9.24. The summed E-state index contributed by atoms with van der Waals surface area (Å²) in [4.78, 5) is 4.65. The molecule has 90 valence electrons. The molecular formula is C13H16BrN3. The summed E-state index contributed by atoms with van der Waals surface area (Å²) in [6.45, 7) is 4.20. The summed E-state index contributed by atoms with van der Waals surface area (Å²) < 4.78 is 0.884. The van der Waals surface area contributed by atoms with E-state index < -0.39 is 0 Å². The highest BCUT2D eigenvalue weighted by atomic mass is 79.9. The summed E-state index contributed by atoms with van der Waals surface area (Å²) in [5.41, 5.74) is 1.80. The van der Waals surface area contributed by atoms with Crippen LogP contribution in [0, 0.1) is 11.3 Å². The van der Waals surface area contributed by atoms with Gasteiger partial charge >= 0.3 is 0 Å².